The Bertz CT molecular complexity index is 1070. The minimum absolute atomic E-state index is 0.00161. The molecule has 4 rings (SSSR count). The van der Waals surface area contributed by atoms with Gasteiger partial charge in [0, 0.05) is 23.5 Å². The fourth-order valence-corrected chi connectivity index (χ4v) is 5.61. The Morgan fingerprint density at radius 3 is 2.34 bits per heavy atom. The molecule has 2 aliphatic rings. The van der Waals surface area contributed by atoms with Crippen molar-refractivity contribution >= 4 is 29.5 Å². The fourth-order valence-electron chi connectivity index (χ4n) is 4.36. The van der Waals surface area contributed by atoms with Gasteiger partial charge >= 0.3 is 5.97 Å². The van der Waals surface area contributed by atoms with Crippen molar-refractivity contribution in [2.24, 2.45) is 5.92 Å². The van der Waals surface area contributed by atoms with E-state index in [2.05, 4.69) is 10.6 Å². The van der Waals surface area contributed by atoms with Crippen LogP contribution in [0.15, 0.2) is 47.4 Å². The van der Waals surface area contributed by atoms with E-state index < -0.39 is 5.97 Å². The van der Waals surface area contributed by atoms with Crippen LogP contribution in [0.3, 0.4) is 0 Å². The summed E-state index contributed by atoms with van der Waals surface area (Å²) in [6.45, 7) is 0.676. The van der Waals surface area contributed by atoms with Crippen LogP contribution in [0, 0.1) is 5.92 Å². The van der Waals surface area contributed by atoms with Crippen molar-refractivity contribution in [2.45, 2.75) is 48.4 Å². The van der Waals surface area contributed by atoms with E-state index in [-0.39, 0.29) is 29.1 Å². The van der Waals surface area contributed by atoms with Gasteiger partial charge in [-0.05, 0) is 74.1 Å². The summed E-state index contributed by atoms with van der Waals surface area (Å²) in [7, 11) is 1.62. The smallest absolute Gasteiger partial charge is 0.306 e. The minimum atomic E-state index is -0.734. The summed E-state index contributed by atoms with van der Waals surface area (Å²) < 4.78 is 11.2. The van der Waals surface area contributed by atoms with E-state index >= 15 is 0 Å². The number of rotatable bonds is 9. The quantitative estimate of drug-likeness (QED) is 0.455. The molecule has 0 bridgehead atoms. The highest BCUT2D eigenvalue weighted by atomic mass is 32.2. The first kappa shape index (κ1) is 24.9. The molecule has 35 heavy (non-hydrogen) atoms. The van der Waals surface area contributed by atoms with E-state index in [1.54, 1.807) is 31.4 Å². The molecule has 1 heterocycles. The van der Waals surface area contributed by atoms with Gasteiger partial charge in [0.2, 0.25) is 5.91 Å². The van der Waals surface area contributed by atoms with Crippen molar-refractivity contribution in [3.05, 3.63) is 53.6 Å². The van der Waals surface area contributed by atoms with E-state index in [0.29, 0.717) is 56.5 Å². The number of carbonyl (C=O) groups excluding carboxylic acids is 2. The molecule has 9 heteroatoms. The van der Waals surface area contributed by atoms with Crippen LogP contribution in [-0.2, 0) is 16.0 Å². The molecule has 0 spiro atoms. The third kappa shape index (κ3) is 6.48. The molecule has 186 valence electrons. The lowest BCUT2D eigenvalue weighted by atomic mass is 9.87. The lowest BCUT2D eigenvalue weighted by Crippen LogP contribution is -2.38. The number of benzene rings is 2. The molecule has 1 fully saturated rings. The number of thioether (sulfide) groups is 1. The first-order chi connectivity index (χ1) is 16.9. The average Bonchev–Trinajstić information content (AvgIpc) is 3.30. The van der Waals surface area contributed by atoms with Crippen molar-refractivity contribution in [1.82, 2.24) is 10.6 Å². The molecule has 2 aromatic rings. The lowest BCUT2D eigenvalue weighted by Gasteiger charge is -2.26. The number of ether oxygens (including phenoxy) is 2. The van der Waals surface area contributed by atoms with E-state index in [9.17, 15) is 14.4 Å². The normalized spacial score (nSPS) is 21.0. The summed E-state index contributed by atoms with van der Waals surface area (Å²) in [4.78, 5) is 37.1. The Morgan fingerprint density at radius 1 is 0.971 bits per heavy atom. The Morgan fingerprint density at radius 2 is 1.66 bits per heavy atom. The van der Waals surface area contributed by atoms with Crippen molar-refractivity contribution in [1.29, 1.82) is 0 Å². The fraction of sp³-hybridized carbons (Fsp3) is 0.423. The Hall–Kier alpha value is -3.20. The minimum Gasteiger partial charge on any atom is -0.497 e. The summed E-state index contributed by atoms with van der Waals surface area (Å²) >= 11 is 1.53. The van der Waals surface area contributed by atoms with Crippen molar-refractivity contribution in [3.8, 4) is 11.5 Å². The van der Waals surface area contributed by atoms with Gasteiger partial charge in [0.15, 0.2) is 0 Å². The number of fused-ring (bicyclic) bond motifs is 1. The zero-order valence-electron chi connectivity index (χ0n) is 19.6. The third-order valence-electron chi connectivity index (χ3n) is 6.39. The maximum Gasteiger partial charge on any atom is 0.306 e. The molecule has 1 aliphatic carbocycles. The van der Waals surface area contributed by atoms with E-state index in [0.717, 1.165) is 16.2 Å². The highest BCUT2D eigenvalue weighted by Gasteiger charge is 2.29. The molecule has 1 aliphatic heterocycles. The standard InChI is InChI=1S/C26H30N2O6S/c1-33-21-11-6-18-14-23(35-22(18)15-21)25(30)28-13-12-27-24(29)16-2-7-19(8-3-16)34-20-9-4-17(5-10-20)26(31)32/h2-3,6-8,11,15,17,20,23H,4-5,9-10,12-14H2,1H3,(H,27,29)(H,28,30)(H,31,32)/t17-,20+,23?. The Kier molecular flexibility index (Phi) is 8.17. The summed E-state index contributed by atoms with van der Waals surface area (Å²) in [5, 5.41) is 14.6. The molecular weight excluding hydrogens is 468 g/mol. The number of carboxylic acid groups (broad SMARTS) is 1. The van der Waals surface area contributed by atoms with Crippen LogP contribution in [0.2, 0.25) is 0 Å². The first-order valence-electron chi connectivity index (χ1n) is 11.8. The number of carbonyl (C=O) groups is 3. The number of hydrogen-bond acceptors (Lipinski definition) is 6. The first-order valence-corrected chi connectivity index (χ1v) is 12.7. The van der Waals surface area contributed by atoms with Gasteiger partial charge in [-0.15, -0.1) is 11.8 Å². The maximum atomic E-state index is 12.5. The molecule has 1 saturated carbocycles. The number of carboxylic acids is 1. The zero-order valence-corrected chi connectivity index (χ0v) is 20.4. The van der Waals surface area contributed by atoms with Crippen LogP contribution < -0.4 is 20.1 Å². The monoisotopic (exact) mass is 498 g/mol. The number of nitrogens with one attached hydrogen (secondary N) is 2. The van der Waals surface area contributed by atoms with Crippen LogP contribution >= 0.6 is 11.8 Å². The predicted octanol–water partition coefficient (Wildman–Crippen LogP) is 3.28. The molecule has 1 unspecified atom stereocenters. The van der Waals surface area contributed by atoms with Gasteiger partial charge in [-0.3, -0.25) is 14.4 Å². The summed E-state index contributed by atoms with van der Waals surface area (Å²) in [5.41, 5.74) is 1.65. The maximum absolute atomic E-state index is 12.5. The summed E-state index contributed by atoms with van der Waals surface area (Å²) in [6, 6.07) is 12.8. The van der Waals surface area contributed by atoms with Crippen LogP contribution in [0.5, 0.6) is 11.5 Å². The van der Waals surface area contributed by atoms with Gasteiger partial charge in [0.1, 0.15) is 11.5 Å². The van der Waals surface area contributed by atoms with E-state index in [1.807, 2.05) is 18.2 Å². The van der Waals surface area contributed by atoms with Crippen LogP contribution in [0.25, 0.3) is 0 Å². The number of aliphatic carboxylic acids is 1. The second-order valence-electron chi connectivity index (χ2n) is 8.79. The molecule has 0 radical (unpaired) electrons. The SMILES string of the molecule is COc1ccc2c(c1)SC(C(=O)NCCNC(=O)c1ccc(O[C@H]3CC[C@@H](C(=O)O)CC3)cc1)C2. The van der Waals surface area contributed by atoms with Crippen LogP contribution in [0.4, 0.5) is 0 Å². The van der Waals surface area contributed by atoms with Gasteiger partial charge in [-0.2, -0.15) is 0 Å². The van der Waals surface area contributed by atoms with Gasteiger partial charge in [-0.25, -0.2) is 0 Å². The van der Waals surface area contributed by atoms with Gasteiger partial charge in [-0.1, -0.05) is 6.07 Å². The third-order valence-corrected chi connectivity index (χ3v) is 7.69. The lowest BCUT2D eigenvalue weighted by molar-refractivity contribution is -0.143. The number of amides is 2. The highest BCUT2D eigenvalue weighted by molar-refractivity contribution is 8.01. The Balaban J connectivity index is 1.15. The molecular formula is C26H30N2O6S. The van der Waals surface area contributed by atoms with Crippen molar-refractivity contribution in [3.63, 3.8) is 0 Å². The number of methoxy groups -OCH3 is 1. The van der Waals surface area contributed by atoms with Crippen molar-refractivity contribution < 1.29 is 29.0 Å². The summed E-state index contributed by atoms with van der Waals surface area (Å²) in [5.74, 6) is 0.175. The highest BCUT2D eigenvalue weighted by Crippen LogP contribution is 2.39. The largest absolute Gasteiger partial charge is 0.497 e. The molecule has 8 nitrogen and oxygen atoms in total. The average molecular weight is 499 g/mol. The molecule has 1 atom stereocenters. The van der Waals surface area contributed by atoms with Crippen molar-refractivity contribution in [2.75, 3.05) is 20.2 Å². The van der Waals surface area contributed by atoms with Gasteiger partial charge < -0.3 is 25.2 Å². The Labute approximate surface area is 208 Å². The number of hydrogen-bond donors (Lipinski definition) is 3. The molecule has 3 N–H and O–H groups in total. The topological polar surface area (TPSA) is 114 Å². The molecule has 2 aromatic carbocycles. The summed E-state index contributed by atoms with van der Waals surface area (Å²) in [6.07, 6.45) is 3.35. The van der Waals surface area contributed by atoms with Gasteiger partial charge in [0.25, 0.3) is 5.91 Å². The molecule has 0 aromatic heterocycles. The van der Waals surface area contributed by atoms with Gasteiger partial charge in [0.05, 0.1) is 24.4 Å². The second-order valence-corrected chi connectivity index (χ2v) is 10.0. The predicted molar refractivity (Wildman–Crippen MR) is 132 cm³/mol. The molecule has 2 amide bonds. The van der Waals surface area contributed by atoms with E-state index in [1.165, 1.54) is 11.8 Å². The zero-order chi connectivity index (χ0) is 24.8. The van der Waals surface area contributed by atoms with E-state index in [4.69, 9.17) is 14.6 Å². The second kappa shape index (κ2) is 11.5. The molecule has 0 saturated heterocycles. The van der Waals surface area contributed by atoms with Crippen LogP contribution in [0.1, 0.15) is 41.6 Å². The van der Waals surface area contributed by atoms with Crippen LogP contribution in [-0.4, -0.2) is 54.4 Å².